The Bertz CT molecular complexity index is 991. The molecule has 1 heterocycles. The highest BCUT2D eigenvalue weighted by molar-refractivity contribution is 5.97. The highest BCUT2D eigenvalue weighted by Gasteiger charge is 2.38. The number of nitrogens with two attached hydrogens (primary N) is 2. The zero-order valence-electron chi connectivity index (χ0n) is 17.8. The van der Waals surface area contributed by atoms with Gasteiger partial charge in [0.05, 0.1) is 22.3 Å². The molecule has 34 heavy (non-hydrogen) atoms. The van der Waals surface area contributed by atoms with Crippen molar-refractivity contribution < 1.29 is 35.9 Å². The van der Waals surface area contributed by atoms with Gasteiger partial charge in [0.15, 0.2) is 0 Å². The van der Waals surface area contributed by atoms with Crippen LogP contribution in [0.2, 0.25) is 0 Å². The summed E-state index contributed by atoms with van der Waals surface area (Å²) in [5.41, 5.74) is 7.28. The summed E-state index contributed by atoms with van der Waals surface area (Å²) in [6, 6.07) is 5.85. The smallest absolute Gasteiger partial charge is 0.399 e. The summed E-state index contributed by atoms with van der Waals surface area (Å²) < 4.78 is 80.3. The lowest BCUT2D eigenvalue weighted by Crippen LogP contribution is -2.42. The van der Waals surface area contributed by atoms with Gasteiger partial charge in [-0.15, -0.1) is 0 Å². The zero-order chi connectivity index (χ0) is 25.3. The molecule has 1 aliphatic heterocycles. The summed E-state index contributed by atoms with van der Waals surface area (Å²) >= 11 is 0. The number of hydrogen-bond acceptors (Lipinski definition) is 4. The number of nitrogens with zero attached hydrogens (tertiary/aromatic N) is 2. The fourth-order valence-electron chi connectivity index (χ4n) is 3.84. The van der Waals surface area contributed by atoms with Crippen molar-refractivity contribution in [1.29, 1.82) is 0 Å². The molecule has 0 saturated carbocycles. The van der Waals surface area contributed by atoms with E-state index in [1.807, 2.05) is 0 Å². The molecule has 0 aromatic heterocycles. The minimum atomic E-state index is -4.78. The first-order valence-corrected chi connectivity index (χ1v) is 10.3. The number of anilines is 2. The van der Waals surface area contributed by atoms with Crippen molar-refractivity contribution in [3.63, 3.8) is 0 Å². The monoisotopic (exact) mass is 488 g/mol. The molecule has 1 fully saturated rings. The SMILES string of the molecule is Nc1ccc(C(=O)N2CCCN(C(=O)c3ccc(N)cc3C(F)(F)F)CCC2)c(C(F)(F)F)c1. The van der Waals surface area contributed by atoms with Gasteiger partial charge in [-0.05, 0) is 49.2 Å². The van der Waals surface area contributed by atoms with E-state index in [0.717, 1.165) is 12.1 Å². The number of alkyl halides is 6. The molecule has 184 valence electrons. The molecule has 1 saturated heterocycles. The Kier molecular flexibility index (Phi) is 6.99. The maximum Gasteiger partial charge on any atom is 0.417 e. The van der Waals surface area contributed by atoms with Crippen molar-refractivity contribution in [1.82, 2.24) is 9.80 Å². The molecule has 4 N–H and O–H groups in total. The molecule has 0 spiro atoms. The zero-order valence-corrected chi connectivity index (χ0v) is 17.8. The fourth-order valence-corrected chi connectivity index (χ4v) is 3.84. The van der Waals surface area contributed by atoms with Crippen LogP contribution in [0.1, 0.15) is 44.7 Å². The van der Waals surface area contributed by atoms with Crippen LogP contribution in [-0.2, 0) is 12.4 Å². The van der Waals surface area contributed by atoms with Crippen molar-refractivity contribution in [3.05, 3.63) is 58.7 Å². The molecule has 0 unspecified atom stereocenters. The largest absolute Gasteiger partial charge is 0.417 e. The number of benzene rings is 2. The Morgan fingerprint density at radius 2 is 0.971 bits per heavy atom. The van der Waals surface area contributed by atoms with Crippen LogP contribution >= 0.6 is 0 Å². The average molecular weight is 488 g/mol. The van der Waals surface area contributed by atoms with Gasteiger partial charge in [0.25, 0.3) is 11.8 Å². The van der Waals surface area contributed by atoms with E-state index in [9.17, 15) is 35.9 Å². The van der Waals surface area contributed by atoms with Gasteiger partial charge in [-0.3, -0.25) is 9.59 Å². The summed E-state index contributed by atoms with van der Waals surface area (Å²) in [6.07, 6.45) is -9.21. The van der Waals surface area contributed by atoms with Gasteiger partial charge in [-0.25, -0.2) is 0 Å². The highest BCUT2D eigenvalue weighted by atomic mass is 19.4. The second kappa shape index (κ2) is 9.43. The van der Waals surface area contributed by atoms with E-state index in [4.69, 9.17) is 11.5 Å². The van der Waals surface area contributed by atoms with Crippen LogP contribution in [0.25, 0.3) is 0 Å². The second-order valence-electron chi connectivity index (χ2n) is 7.90. The molecular formula is C22H22F6N4O2. The van der Waals surface area contributed by atoms with Crippen LogP contribution in [-0.4, -0.2) is 47.8 Å². The van der Waals surface area contributed by atoms with Crippen molar-refractivity contribution in [2.24, 2.45) is 0 Å². The van der Waals surface area contributed by atoms with Crippen molar-refractivity contribution >= 4 is 23.2 Å². The molecule has 1 aliphatic rings. The van der Waals surface area contributed by atoms with Crippen LogP contribution in [0.15, 0.2) is 36.4 Å². The highest BCUT2D eigenvalue weighted by Crippen LogP contribution is 2.35. The summed E-state index contributed by atoms with van der Waals surface area (Å²) in [5.74, 6) is -1.66. The van der Waals surface area contributed by atoms with Crippen molar-refractivity contribution in [2.45, 2.75) is 25.2 Å². The van der Waals surface area contributed by atoms with Crippen LogP contribution < -0.4 is 11.5 Å². The van der Waals surface area contributed by atoms with Gasteiger partial charge in [0.1, 0.15) is 0 Å². The summed E-state index contributed by atoms with van der Waals surface area (Å²) in [4.78, 5) is 28.2. The van der Waals surface area contributed by atoms with E-state index < -0.39 is 46.4 Å². The third-order valence-corrected chi connectivity index (χ3v) is 5.45. The molecule has 2 aromatic rings. The standard InChI is InChI=1S/C22H22F6N4O2/c23-21(24,25)17-11-13(29)3-5-15(17)19(33)31-7-1-8-32(10-2-9-31)20(34)16-6-4-14(30)12-18(16)22(26,27)28/h3-6,11-12H,1-2,7-10,29-30H2. The lowest BCUT2D eigenvalue weighted by molar-refractivity contribution is -0.138. The number of carbonyl (C=O) groups excluding carboxylic acids is 2. The van der Waals surface area contributed by atoms with E-state index in [1.54, 1.807) is 0 Å². The molecule has 0 bridgehead atoms. The lowest BCUT2D eigenvalue weighted by atomic mass is 10.0. The van der Waals surface area contributed by atoms with Crippen molar-refractivity contribution in [2.75, 3.05) is 37.6 Å². The fraction of sp³-hybridized carbons (Fsp3) is 0.364. The van der Waals surface area contributed by atoms with E-state index >= 15 is 0 Å². The maximum atomic E-state index is 13.4. The van der Waals surface area contributed by atoms with E-state index in [2.05, 4.69) is 0 Å². The number of halogens is 6. The number of hydrogen-bond donors (Lipinski definition) is 2. The predicted octanol–water partition coefficient (Wildman–Crippen LogP) is 4.27. The molecule has 3 rings (SSSR count). The first kappa shape index (κ1) is 25.2. The average Bonchev–Trinajstić information content (AvgIpc) is 2.71. The Hall–Kier alpha value is -3.44. The molecular weight excluding hydrogens is 466 g/mol. The Labute approximate surface area is 191 Å². The van der Waals surface area contributed by atoms with Crippen LogP contribution in [0.5, 0.6) is 0 Å². The van der Waals surface area contributed by atoms with Gasteiger partial charge < -0.3 is 21.3 Å². The van der Waals surface area contributed by atoms with Gasteiger partial charge in [-0.1, -0.05) is 0 Å². The second-order valence-corrected chi connectivity index (χ2v) is 7.90. The van der Waals surface area contributed by atoms with Crippen LogP contribution in [0.3, 0.4) is 0 Å². The van der Waals surface area contributed by atoms with Gasteiger partial charge in [0, 0.05) is 37.6 Å². The van der Waals surface area contributed by atoms with E-state index in [-0.39, 0.29) is 50.4 Å². The molecule has 2 amide bonds. The van der Waals surface area contributed by atoms with E-state index in [1.165, 1.54) is 21.9 Å². The molecule has 0 atom stereocenters. The normalized spacial score (nSPS) is 15.6. The van der Waals surface area contributed by atoms with Gasteiger partial charge in [0.2, 0.25) is 0 Å². The predicted molar refractivity (Wildman–Crippen MR) is 113 cm³/mol. The topological polar surface area (TPSA) is 92.7 Å². The summed E-state index contributed by atoms with van der Waals surface area (Å²) in [7, 11) is 0. The minimum absolute atomic E-state index is 0.0259. The molecule has 2 aromatic carbocycles. The lowest BCUT2D eigenvalue weighted by Gasteiger charge is -2.31. The molecule has 12 heteroatoms. The summed E-state index contributed by atoms with van der Waals surface area (Å²) in [6.45, 7) is 0.104. The maximum absolute atomic E-state index is 13.4. The first-order valence-electron chi connectivity index (χ1n) is 10.3. The third kappa shape index (κ3) is 5.54. The third-order valence-electron chi connectivity index (χ3n) is 5.45. The quantitative estimate of drug-likeness (QED) is 0.488. The number of carbonyl (C=O) groups is 2. The van der Waals surface area contributed by atoms with Gasteiger partial charge >= 0.3 is 12.4 Å². The van der Waals surface area contributed by atoms with Crippen LogP contribution in [0.4, 0.5) is 37.7 Å². The Balaban J connectivity index is 1.75. The molecule has 6 nitrogen and oxygen atoms in total. The summed E-state index contributed by atoms with van der Waals surface area (Å²) in [5, 5.41) is 0. The van der Waals surface area contributed by atoms with E-state index in [0.29, 0.717) is 12.1 Å². The Morgan fingerprint density at radius 1 is 0.647 bits per heavy atom. The number of rotatable bonds is 2. The number of nitrogen functional groups attached to an aromatic ring is 2. The van der Waals surface area contributed by atoms with Crippen LogP contribution in [0, 0.1) is 0 Å². The van der Waals surface area contributed by atoms with Crippen molar-refractivity contribution in [3.8, 4) is 0 Å². The number of amides is 2. The minimum Gasteiger partial charge on any atom is -0.399 e. The van der Waals surface area contributed by atoms with Gasteiger partial charge in [-0.2, -0.15) is 26.3 Å². The molecule has 0 aliphatic carbocycles. The Morgan fingerprint density at radius 3 is 1.26 bits per heavy atom. The molecule has 0 radical (unpaired) electrons. The first-order chi connectivity index (χ1) is 15.8.